The van der Waals surface area contributed by atoms with Gasteiger partial charge in [-0.3, -0.25) is 9.59 Å². The number of cyclic esters (lactones) is 1. The van der Waals surface area contributed by atoms with E-state index in [-0.39, 0.29) is 29.8 Å². The Labute approximate surface area is 222 Å². The molecule has 1 saturated carbocycles. The average Bonchev–Trinajstić information content (AvgIpc) is 3.23. The number of aliphatic hydroxyl groups is 2. The van der Waals surface area contributed by atoms with E-state index in [2.05, 4.69) is 18.8 Å². The first-order chi connectivity index (χ1) is 17.0. The van der Waals surface area contributed by atoms with Crippen LogP contribution >= 0.6 is 23.1 Å². The number of hydrogen-bond donors (Lipinski definition) is 2. The van der Waals surface area contributed by atoms with Gasteiger partial charge in [0.2, 0.25) is 0 Å². The lowest BCUT2D eigenvalue weighted by Crippen LogP contribution is -2.54. The number of esters is 1. The fourth-order valence-electron chi connectivity index (χ4n) is 5.91. The topological polar surface area (TPSA) is 109 Å². The van der Waals surface area contributed by atoms with Crippen molar-refractivity contribution in [3.63, 3.8) is 0 Å². The van der Waals surface area contributed by atoms with E-state index in [1.54, 1.807) is 36.9 Å². The highest BCUT2D eigenvalue weighted by Crippen LogP contribution is 2.48. The van der Waals surface area contributed by atoms with Crippen molar-refractivity contribution in [1.82, 2.24) is 4.98 Å². The van der Waals surface area contributed by atoms with Gasteiger partial charge in [-0.1, -0.05) is 39.0 Å². The van der Waals surface area contributed by atoms with Crippen molar-refractivity contribution in [3.05, 3.63) is 16.6 Å². The molecule has 1 aliphatic carbocycles. The number of ether oxygens (including phenoxy) is 2. The number of fused-ring (bicyclic) bond motifs is 3. The van der Waals surface area contributed by atoms with E-state index in [0.717, 1.165) is 40.6 Å². The number of aromatic nitrogens is 1. The zero-order valence-electron chi connectivity index (χ0n) is 21.9. The van der Waals surface area contributed by atoms with Gasteiger partial charge in [0.25, 0.3) is 0 Å². The highest BCUT2D eigenvalue weighted by atomic mass is 32.2. The molecule has 3 heterocycles. The van der Waals surface area contributed by atoms with Crippen molar-refractivity contribution in [2.24, 2.45) is 17.3 Å². The lowest BCUT2D eigenvalue weighted by atomic mass is 9.60. The maximum absolute atomic E-state index is 13.2. The van der Waals surface area contributed by atoms with Gasteiger partial charge < -0.3 is 19.7 Å². The van der Waals surface area contributed by atoms with Crippen LogP contribution in [0.2, 0.25) is 0 Å². The van der Waals surface area contributed by atoms with Crippen LogP contribution in [-0.2, 0) is 19.1 Å². The molecule has 0 aromatic carbocycles. The molecule has 2 saturated heterocycles. The van der Waals surface area contributed by atoms with Crippen LogP contribution in [0.1, 0.15) is 78.8 Å². The van der Waals surface area contributed by atoms with E-state index in [1.165, 1.54) is 0 Å². The molecule has 0 radical (unpaired) electrons. The number of thioether (sulfide) groups is 1. The summed E-state index contributed by atoms with van der Waals surface area (Å²) >= 11 is 3.29. The molecule has 36 heavy (non-hydrogen) atoms. The molecular formula is C27H39NO6S2. The molecule has 1 aromatic rings. The van der Waals surface area contributed by atoms with E-state index >= 15 is 0 Å². The fraction of sp³-hybridized carbons (Fsp3) is 0.741. The third-order valence-corrected chi connectivity index (χ3v) is 10.3. The summed E-state index contributed by atoms with van der Waals surface area (Å²) in [6.45, 7) is 9.57. The first kappa shape index (κ1) is 27.8. The number of carbonyl (C=O) groups excluding carboxylic acids is 2. The number of hydrogen-bond acceptors (Lipinski definition) is 9. The summed E-state index contributed by atoms with van der Waals surface area (Å²) in [5.41, 5.74) is 0.327. The van der Waals surface area contributed by atoms with E-state index < -0.39 is 35.6 Å². The standard InChI is InChI=1S/C27H39NO6S2/c1-6-35-25-28-18(14-36-25)10-15(2)19-11-21-27(5,34-21)9-7-8-17-13-26(4,20(29)12-22(30)33-19)24(32)16(3)23(17)31/h10,14,16-17,19-21,23,29,31H,6-9,11-13H2,1-5H3/b15-10+/t16-,17-,19+,20+,21+,23?,26-,27-/m1/s1. The molecule has 1 aromatic heterocycles. The molecule has 2 N–H and O–H groups in total. The van der Waals surface area contributed by atoms with Crippen LogP contribution in [0.4, 0.5) is 0 Å². The van der Waals surface area contributed by atoms with Crippen molar-refractivity contribution in [3.8, 4) is 0 Å². The second kappa shape index (κ2) is 10.8. The molecule has 7 nitrogen and oxygen atoms in total. The van der Waals surface area contributed by atoms with Gasteiger partial charge in [0.15, 0.2) is 4.34 Å². The van der Waals surface area contributed by atoms with E-state index in [0.29, 0.717) is 12.8 Å². The van der Waals surface area contributed by atoms with Crippen molar-refractivity contribution >= 4 is 40.9 Å². The minimum absolute atomic E-state index is 0.0322. The Bertz CT molecular complexity index is 1010. The molecule has 2 bridgehead atoms. The Morgan fingerprint density at radius 2 is 2.08 bits per heavy atom. The van der Waals surface area contributed by atoms with Crippen LogP contribution in [0.25, 0.3) is 6.08 Å². The van der Waals surface area contributed by atoms with E-state index in [1.807, 2.05) is 18.4 Å². The Balaban J connectivity index is 1.57. The van der Waals surface area contributed by atoms with Crippen LogP contribution in [0, 0.1) is 17.3 Å². The second-order valence-corrected chi connectivity index (χ2v) is 13.5. The predicted molar refractivity (Wildman–Crippen MR) is 141 cm³/mol. The maximum Gasteiger partial charge on any atom is 0.309 e. The Morgan fingerprint density at radius 3 is 2.81 bits per heavy atom. The molecule has 200 valence electrons. The summed E-state index contributed by atoms with van der Waals surface area (Å²) < 4.78 is 13.0. The lowest BCUT2D eigenvalue weighted by Gasteiger charge is -2.45. The van der Waals surface area contributed by atoms with Gasteiger partial charge in [-0.15, -0.1) is 11.3 Å². The molecule has 9 heteroatoms. The smallest absolute Gasteiger partial charge is 0.309 e. The Hall–Kier alpha value is -1.26. The molecule has 1 unspecified atom stereocenters. The third kappa shape index (κ3) is 5.75. The van der Waals surface area contributed by atoms with E-state index in [4.69, 9.17) is 9.47 Å². The van der Waals surface area contributed by atoms with Gasteiger partial charge in [0.1, 0.15) is 11.9 Å². The summed E-state index contributed by atoms with van der Waals surface area (Å²) in [7, 11) is 0. The molecule has 2 aliphatic heterocycles. The minimum atomic E-state index is -1.17. The summed E-state index contributed by atoms with van der Waals surface area (Å²) in [6.07, 6.45) is 2.57. The molecule has 8 atom stereocenters. The predicted octanol–water partition coefficient (Wildman–Crippen LogP) is 4.65. The van der Waals surface area contributed by atoms with Gasteiger partial charge in [-0.25, -0.2) is 4.98 Å². The fourth-order valence-corrected chi connectivity index (χ4v) is 7.60. The van der Waals surface area contributed by atoms with Crippen LogP contribution in [-0.4, -0.2) is 62.7 Å². The number of ketones is 1. The minimum Gasteiger partial charge on any atom is -0.458 e. The van der Waals surface area contributed by atoms with Gasteiger partial charge in [-0.05, 0) is 56.4 Å². The average molecular weight is 538 g/mol. The highest BCUT2D eigenvalue weighted by Gasteiger charge is 2.55. The maximum atomic E-state index is 13.2. The normalized spacial score (nSPS) is 40.2. The van der Waals surface area contributed by atoms with Crippen LogP contribution < -0.4 is 0 Å². The number of carbonyl (C=O) groups is 2. The number of thiazole rings is 1. The summed E-state index contributed by atoms with van der Waals surface area (Å²) in [4.78, 5) is 30.8. The van der Waals surface area contributed by atoms with E-state index in [9.17, 15) is 19.8 Å². The summed E-state index contributed by atoms with van der Waals surface area (Å²) in [5.74, 6) is -0.461. The number of rotatable bonds is 4. The number of epoxide rings is 1. The van der Waals surface area contributed by atoms with Crippen LogP contribution in [0.5, 0.6) is 0 Å². The number of Topliss-reactive ketones (excluding diaryl/α,β-unsaturated/α-hetero) is 1. The highest BCUT2D eigenvalue weighted by molar-refractivity contribution is 8.00. The first-order valence-electron chi connectivity index (χ1n) is 13.0. The zero-order chi connectivity index (χ0) is 26.3. The lowest BCUT2D eigenvalue weighted by molar-refractivity contribution is -0.161. The summed E-state index contributed by atoms with van der Waals surface area (Å²) in [6, 6.07) is 0. The summed E-state index contributed by atoms with van der Waals surface area (Å²) in [5, 5.41) is 23.9. The van der Waals surface area contributed by atoms with Gasteiger partial charge in [0, 0.05) is 17.7 Å². The van der Waals surface area contributed by atoms with Crippen LogP contribution in [0.15, 0.2) is 15.3 Å². The van der Waals surface area contributed by atoms with Crippen LogP contribution in [0.3, 0.4) is 0 Å². The molecule has 0 spiro atoms. The SMILES string of the molecule is CCSc1nc(/C=C(\C)[C@@H]2C[C@@H]3O[C@]3(C)CCC[C@@H]3C[C@@](C)(C(=O)[C@H](C)C3O)[C@@H](O)CC(=O)O2)cs1. The first-order valence-corrected chi connectivity index (χ1v) is 14.9. The Morgan fingerprint density at radius 1 is 1.33 bits per heavy atom. The third-order valence-electron chi connectivity index (χ3n) is 8.39. The largest absolute Gasteiger partial charge is 0.458 e. The van der Waals surface area contributed by atoms with Crippen molar-refractivity contribution < 1.29 is 29.3 Å². The molecule has 3 fully saturated rings. The quantitative estimate of drug-likeness (QED) is 0.325. The monoisotopic (exact) mass is 537 g/mol. The van der Waals surface area contributed by atoms with Crippen molar-refractivity contribution in [1.29, 1.82) is 0 Å². The Kier molecular flexibility index (Phi) is 8.37. The van der Waals surface area contributed by atoms with Gasteiger partial charge >= 0.3 is 5.97 Å². The zero-order valence-corrected chi connectivity index (χ0v) is 23.5. The van der Waals surface area contributed by atoms with Gasteiger partial charge in [-0.2, -0.15) is 0 Å². The molecular weight excluding hydrogens is 498 g/mol. The van der Waals surface area contributed by atoms with Gasteiger partial charge in [0.05, 0.1) is 41.4 Å². The molecule has 0 amide bonds. The number of aliphatic hydroxyl groups excluding tert-OH is 2. The van der Waals surface area contributed by atoms with Crippen molar-refractivity contribution in [2.75, 3.05) is 5.75 Å². The number of nitrogens with zero attached hydrogens (tertiary/aromatic N) is 1. The molecule has 4 rings (SSSR count). The second-order valence-electron chi connectivity index (χ2n) is 11.1. The van der Waals surface area contributed by atoms with Crippen molar-refractivity contribution in [2.45, 2.75) is 108 Å². The molecule has 3 aliphatic rings.